The van der Waals surface area contributed by atoms with Crippen LogP contribution in [0.3, 0.4) is 0 Å². The zero-order valence-electron chi connectivity index (χ0n) is 13.7. The molecule has 0 saturated heterocycles. The third kappa shape index (κ3) is 2.85. The molecule has 4 heterocycles. The van der Waals surface area contributed by atoms with Crippen LogP contribution < -0.4 is 0 Å². The fourth-order valence-corrected chi connectivity index (χ4v) is 3.72. The third-order valence-electron chi connectivity index (χ3n) is 4.25. The summed E-state index contributed by atoms with van der Waals surface area (Å²) in [5.74, 6) is 0. The SMILES string of the molecule is COCC1Cn2nnc(-c3cnn(C)c3)c2CN1Cc1nccs1. The van der Waals surface area contributed by atoms with Crippen molar-refractivity contribution in [2.45, 2.75) is 25.7 Å². The molecule has 126 valence electrons. The van der Waals surface area contributed by atoms with Gasteiger partial charge in [0.2, 0.25) is 0 Å². The summed E-state index contributed by atoms with van der Waals surface area (Å²) in [7, 11) is 3.64. The fourth-order valence-electron chi connectivity index (χ4n) is 3.08. The first-order valence-corrected chi connectivity index (χ1v) is 8.65. The van der Waals surface area contributed by atoms with Gasteiger partial charge in [-0.05, 0) is 0 Å². The van der Waals surface area contributed by atoms with E-state index in [1.807, 2.05) is 35.7 Å². The van der Waals surface area contributed by atoms with Crippen LogP contribution in [0, 0.1) is 0 Å². The first kappa shape index (κ1) is 15.4. The van der Waals surface area contributed by atoms with Crippen LogP contribution in [0.25, 0.3) is 11.3 Å². The number of aromatic nitrogens is 6. The summed E-state index contributed by atoms with van der Waals surface area (Å²) in [5, 5.41) is 16.1. The number of nitrogens with zero attached hydrogens (tertiary/aromatic N) is 7. The van der Waals surface area contributed by atoms with Crippen molar-refractivity contribution in [2.24, 2.45) is 7.05 Å². The molecule has 3 aromatic rings. The largest absolute Gasteiger partial charge is 0.383 e. The Hall–Kier alpha value is -2.10. The van der Waals surface area contributed by atoms with Gasteiger partial charge in [0.25, 0.3) is 0 Å². The van der Waals surface area contributed by atoms with Gasteiger partial charge in [-0.1, -0.05) is 5.21 Å². The second-order valence-electron chi connectivity index (χ2n) is 5.91. The van der Waals surface area contributed by atoms with Gasteiger partial charge in [-0.2, -0.15) is 5.10 Å². The predicted octanol–water partition coefficient (Wildman–Crippen LogP) is 1.17. The van der Waals surface area contributed by atoms with E-state index < -0.39 is 0 Å². The van der Waals surface area contributed by atoms with Crippen molar-refractivity contribution in [3.63, 3.8) is 0 Å². The van der Waals surface area contributed by atoms with E-state index in [9.17, 15) is 0 Å². The summed E-state index contributed by atoms with van der Waals surface area (Å²) in [6, 6.07) is 0.259. The summed E-state index contributed by atoms with van der Waals surface area (Å²) < 4.78 is 9.18. The third-order valence-corrected chi connectivity index (χ3v) is 5.01. The maximum atomic E-state index is 5.41. The van der Waals surface area contributed by atoms with Gasteiger partial charge in [-0.15, -0.1) is 16.4 Å². The van der Waals surface area contributed by atoms with Crippen LogP contribution in [0.2, 0.25) is 0 Å². The van der Waals surface area contributed by atoms with Gasteiger partial charge in [0, 0.05) is 44.0 Å². The molecule has 9 heteroatoms. The number of ether oxygens (including phenoxy) is 1. The molecule has 8 nitrogen and oxygen atoms in total. The normalized spacial score (nSPS) is 18.0. The summed E-state index contributed by atoms with van der Waals surface area (Å²) in [4.78, 5) is 6.81. The topological polar surface area (TPSA) is 73.9 Å². The molecule has 0 N–H and O–H groups in total. The molecule has 0 amide bonds. The van der Waals surface area contributed by atoms with Crippen molar-refractivity contribution in [3.05, 3.63) is 34.7 Å². The lowest BCUT2D eigenvalue weighted by atomic mass is 10.1. The molecule has 0 aromatic carbocycles. The molecule has 0 aliphatic carbocycles. The average Bonchev–Trinajstić information content (AvgIpc) is 3.29. The summed E-state index contributed by atoms with van der Waals surface area (Å²) in [6.45, 7) is 3.00. The Morgan fingerprint density at radius 2 is 2.33 bits per heavy atom. The highest BCUT2D eigenvalue weighted by molar-refractivity contribution is 7.09. The first-order chi connectivity index (χ1) is 11.7. The highest BCUT2D eigenvalue weighted by Crippen LogP contribution is 2.27. The molecule has 1 unspecified atom stereocenters. The number of aryl methyl sites for hydroxylation is 1. The number of hydrogen-bond donors (Lipinski definition) is 0. The Kier molecular flexibility index (Phi) is 4.13. The van der Waals surface area contributed by atoms with Gasteiger partial charge in [-0.25, -0.2) is 9.67 Å². The summed E-state index contributed by atoms with van der Waals surface area (Å²) in [6.07, 6.45) is 5.65. The molecule has 0 saturated carbocycles. The molecule has 1 atom stereocenters. The van der Waals surface area contributed by atoms with Crippen LogP contribution in [0.4, 0.5) is 0 Å². The number of hydrogen-bond acceptors (Lipinski definition) is 7. The van der Waals surface area contributed by atoms with Gasteiger partial charge in [0.05, 0.1) is 37.6 Å². The Morgan fingerprint density at radius 1 is 1.42 bits per heavy atom. The van der Waals surface area contributed by atoms with E-state index in [-0.39, 0.29) is 6.04 Å². The molecule has 3 aromatic heterocycles. The van der Waals surface area contributed by atoms with E-state index in [4.69, 9.17) is 4.74 Å². The summed E-state index contributed by atoms with van der Waals surface area (Å²) >= 11 is 1.68. The Morgan fingerprint density at radius 3 is 3.04 bits per heavy atom. The van der Waals surface area contributed by atoms with Gasteiger partial charge < -0.3 is 4.74 Å². The van der Waals surface area contributed by atoms with Crippen LogP contribution in [0.15, 0.2) is 24.0 Å². The highest BCUT2D eigenvalue weighted by atomic mass is 32.1. The van der Waals surface area contributed by atoms with Crippen molar-refractivity contribution >= 4 is 11.3 Å². The number of methoxy groups -OCH3 is 1. The number of rotatable bonds is 5. The van der Waals surface area contributed by atoms with E-state index in [1.54, 1.807) is 23.1 Å². The Bertz CT molecular complexity index is 810. The van der Waals surface area contributed by atoms with E-state index in [0.717, 1.165) is 41.6 Å². The van der Waals surface area contributed by atoms with Crippen LogP contribution >= 0.6 is 11.3 Å². The highest BCUT2D eigenvalue weighted by Gasteiger charge is 2.30. The van der Waals surface area contributed by atoms with Crippen molar-refractivity contribution in [1.29, 1.82) is 0 Å². The molecule has 0 spiro atoms. The molecular formula is C15H19N7OS. The predicted molar refractivity (Wildman–Crippen MR) is 89.2 cm³/mol. The van der Waals surface area contributed by atoms with Crippen molar-refractivity contribution in [1.82, 2.24) is 34.7 Å². The van der Waals surface area contributed by atoms with Crippen molar-refractivity contribution < 1.29 is 4.74 Å². The quantitative estimate of drug-likeness (QED) is 0.691. The monoisotopic (exact) mass is 345 g/mol. The van der Waals surface area contributed by atoms with E-state index in [0.29, 0.717) is 6.61 Å². The molecule has 0 fully saturated rings. The maximum Gasteiger partial charge on any atom is 0.120 e. The molecule has 4 rings (SSSR count). The van der Waals surface area contributed by atoms with Gasteiger partial charge in [0.1, 0.15) is 10.7 Å². The van der Waals surface area contributed by atoms with Crippen molar-refractivity contribution in [2.75, 3.05) is 13.7 Å². The van der Waals surface area contributed by atoms with Crippen LogP contribution in [0.5, 0.6) is 0 Å². The van der Waals surface area contributed by atoms with Gasteiger partial charge in [-0.3, -0.25) is 9.58 Å². The van der Waals surface area contributed by atoms with E-state index in [2.05, 4.69) is 25.3 Å². The van der Waals surface area contributed by atoms with E-state index in [1.165, 1.54) is 0 Å². The Balaban J connectivity index is 1.64. The molecule has 24 heavy (non-hydrogen) atoms. The lowest BCUT2D eigenvalue weighted by molar-refractivity contribution is 0.0503. The average molecular weight is 345 g/mol. The van der Waals surface area contributed by atoms with Crippen LogP contribution in [0.1, 0.15) is 10.7 Å². The lowest BCUT2D eigenvalue weighted by Gasteiger charge is -2.35. The molecule has 1 aliphatic rings. The fraction of sp³-hybridized carbons (Fsp3) is 0.467. The summed E-state index contributed by atoms with van der Waals surface area (Å²) in [5.41, 5.74) is 3.02. The standard InChI is InChI=1S/C15H19N7OS/c1-20-6-11(5-17-20)15-13-8-21(9-14-16-3-4-24-14)12(10-23-2)7-22(13)19-18-15/h3-6,12H,7-10H2,1-2H3. The molecule has 0 radical (unpaired) electrons. The van der Waals surface area contributed by atoms with Crippen LogP contribution in [-0.4, -0.2) is 54.4 Å². The second kappa shape index (κ2) is 6.42. The van der Waals surface area contributed by atoms with Gasteiger partial charge >= 0.3 is 0 Å². The smallest absolute Gasteiger partial charge is 0.120 e. The minimum Gasteiger partial charge on any atom is -0.383 e. The first-order valence-electron chi connectivity index (χ1n) is 7.77. The van der Waals surface area contributed by atoms with Crippen LogP contribution in [-0.2, 0) is 31.4 Å². The molecular weight excluding hydrogens is 326 g/mol. The number of thiazole rings is 1. The second-order valence-corrected chi connectivity index (χ2v) is 6.89. The number of fused-ring (bicyclic) bond motifs is 1. The van der Waals surface area contributed by atoms with Gasteiger partial charge in [0.15, 0.2) is 0 Å². The minimum absolute atomic E-state index is 0.259. The zero-order chi connectivity index (χ0) is 16.5. The Labute approximate surface area is 143 Å². The lowest BCUT2D eigenvalue weighted by Crippen LogP contribution is -2.45. The van der Waals surface area contributed by atoms with E-state index >= 15 is 0 Å². The van der Waals surface area contributed by atoms with Crippen molar-refractivity contribution in [3.8, 4) is 11.3 Å². The minimum atomic E-state index is 0.259. The maximum absolute atomic E-state index is 5.41. The molecule has 1 aliphatic heterocycles. The zero-order valence-corrected chi connectivity index (χ0v) is 14.5. The molecule has 0 bridgehead atoms.